The molecular formula is C27H25Cl2N5O5. The van der Waals surface area contributed by atoms with Crippen molar-refractivity contribution < 1.29 is 23.9 Å². The highest BCUT2D eigenvalue weighted by Crippen LogP contribution is 2.47. The average Bonchev–Trinajstić information content (AvgIpc) is 3.61. The predicted octanol–water partition coefficient (Wildman–Crippen LogP) is 3.86. The topological polar surface area (TPSA) is 114 Å². The summed E-state index contributed by atoms with van der Waals surface area (Å²) in [5.41, 5.74) is -0.0981. The summed E-state index contributed by atoms with van der Waals surface area (Å²) in [6, 6.07) is 11.6. The highest BCUT2D eigenvalue weighted by atomic mass is 35.5. The molecule has 5 amide bonds. The number of ether oxygens (including phenoxy) is 1. The molecule has 3 atom stereocenters. The molecule has 12 heteroatoms. The van der Waals surface area contributed by atoms with E-state index in [9.17, 15) is 24.4 Å². The lowest BCUT2D eigenvalue weighted by molar-refractivity contribution is -0.145. The van der Waals surface area contributed by atoms with Gasteiger partial charge in [0.2, 0.25) is 0 Å². The first-order valence-corrected chi connectivity index (χ1v) is 13.1. The molecule has 2 aromatic rings. The summed E-state index contributed by atoms with van der Waals surface area (Å²) in [5, 5.41) is 9.79. The molecule has 3 aliphatic heterocycles. The van der Waals surface area contributed by atoms with Crippen LogP contribution in [0.25, 0.3) is 0 Å². The normalized spacial score (nSPS) is 24.6. The van der Waals surface area contributed by atoms with E-state index in [1.165, 1.54) is 47.1 Å². The molecule has 5 rings (SSSR count). The monoisotopic (exact) mass is 569 g/mol. The molecule has 39 heavy (non-hydrogen) atoms. The van der Waals surface area contributed by atoms with Gasteiger partial charge in [-0.1, -0.05) is 35.3 Å². The first-order valence-electron chi connectivity index (χ1n) is 12.3. The fourth-order valence-electron chi connectivity index (χ4n) is 5.91. The second kappa shape index (κ2) is 10.1. The van der Waals surface area contributed by atoms with E-state index >= 15 is 0 Å². The standard InChI is InChI=1S/C27H25Cl2N5O5/c1-31-25(37)34(20-11-18(28)10-19(29)12-20)24(36)27(31)15-32(14-21(27)17-7-5-16(13-30)6-8-17)26(38)33-9-3-4-22(33)23(35)39-2/h5-8,10-12,21-22H,3-4,9,14-15H2,1-2H3. The molecule has 0 bridgehead atoms. The van der Waals surface area contributed by atoms with Gasteiger partial charge in [-0.05, 0) is 48.7 Å². The van der Waals surface area contributed by atoms with Gasteiger partial charge in [0.25, 0.3) is 5.91 Å². The number of urea groups is 2. The predicted molar refractivity (Wildman–Crippen MR) is 142 cm³/mol. The Morgan fingerprint density at radius 2 is 1.77 bits per heavy atom. The van der Waals surface area contributed by atoms with E-state index < -0.39 is 41.4 Å². The highest BCUT2D eigenvalue weighted by Gasteiger charge is 2.65. The van der Waals surface area contributed by atoms with E-state index in [4.69, 9.17) is 27.9 Å². The number of likely N-dealkylation sites (tertiary alicyclic amines) is 2. The van der Waals surface area contributed by atoms with Gasteiger partial charge in [-0.25, -0.2) is 19.3 Å². The fourth-order valence-corrected chi connectivity index (χ4v) is 6.42. The van der Waals surface area contributed by atoms with Gasteiger partial charge in [0.1, 0.15) is 11.6 Å². The summed E-state index contributed by atoms with van der Waals surface area (Å²) >= 11 is 12.4. The summed E-state index contributed by atoms with van der Waals surface area (Å²) in [6.07, 6.45) is 1.13. The van der Waals surface area contributed by atoms with Crippen LogP contribution in [0, 0.1) is 11.3 Å². The number of carbonyl (C=O) groups excluding carboxylic acids is 4. The minimum atomic E-state index is -1.45. The van der Waals surface area contributed by atoms with Gasteiger partial charge in [-0.3, -0.25) is 4.79 Å². The van der Waals surface area contributed by atoms with Crippen molar-refractivity contribution in [1.82, 2.24) is 14.7 Å². The molecule has 0 aromatic heterocycles. The molecule has 3 saturated heterocycles. The van der Waals surface area contributed by atoms with E-state index in [1.54, 1.807) is 24.3 Å². The third-order valence-electron chi connectivity index (χ3n) is 7.85. The number of halogens is 2. The van der Waals surface area contributed by atoms with E-state index in [2.05, 4.69) is 6.07 Å². The Bertz CT molecular complexity index is 1390. The number of nitriles is 1. The number of carbonyl (C=O) groups is 4. The van der Waals surface area contributed by atoms with Crippen molar-refractivity contribution in [3.05, 3.63) is 63.6 Å². The highest BCUT2D eigenvalue weighted by molar-refractivity contribution is 6.35. The molecule has 0 N–H and O–H groups in total. The van der Waals surface area contributed by atoms with Crippen molar-refractivity contribution in [2.45, 2.75) is 30.3 Å². The summed E-state index contributed by atoms with van der Waals surface area (Å²) in [7, 11) is 2.81. The van der Waals surface area contributed by atoms with Crippen LogP contribution < -0.4 is 4.90 Å². The van der Waals surface area contributed by atoms with E-state index in [-0.39, 0.29) is 28.8 Å². The molecule has 0 aliphatic carbocycles. The van der Waals surface area contributed by atoms with Gasteiger partial charge in [0, 0.05) is 36.1 Å². The number of nitrogens with zero attached hydrogens (tertiary/aromatic N) is 5. The van der Waals surface area contributed by atoms with Gasteiger partial charge in [-0.15, -0.1) is 0 Å². The Labute approximate surface area is 235 Å². The smallest absolute Gasteiger partial charge is 0.332 e. The third kappa shape index (κ3) is 4.26. The molecule has 3 fully saturated rings. The average molecular weight is 570 g/mol. The molecule has 3 heterocycles. The van der Waals surface area contributed by atoms with Crippen molar-refractivity contribution in [2.75, 3.05) is 38.7 Å². The number of benzene rings is 2. The minimum absolute atomic E-state index is 0.0905. The van der Waals surface area contributed by atoms with Crippen LogP contribution in [-0.4, -0.2) is 84.0 Å². The Morgan fingerprint density at radius 3 is 2.38 bits per heavy atom. The number of hydrogen-bond acceptors (Lipinski definition) is 6. The molecule has 0 radical (unpaired) electrons. The largest absolute Gasteiger partial charge is 0.467 e. The molecular weight excluding hydrogens is 545 g/mol. The summed E-state index contributed by atoms with van der Waals surface area (Å²) < 4.78 is 4.90. The second-order valence-electron chi connectivity index (χ2n) is 9.86. The van der Waals surface area contributed by atoms with Crippen LogP contribution >= 0.6 is 23.2 Å². The fraction of sp³-hybridized carbons (Fsp3) is 0.370. The number of rotatable bonds is 3. The summed E-state index contributed by atoms with van der Waals surface area (Å²) in [4.78, 5) is 59.4. The third-order valence-corrected chi connectivity index (χ3v) is 8.29. The van der Waals surface area contributed by atoms with Crippen LogP contribution in [0.1, 0.15) is 29.9 Å². The molecule has 10 nitrogen and oxygen atoms in total. The number of esters is 1. The Kier molecular flexibility index (Phi) is 6.91. The van der Waals surface area contributed by atoms with Crippen LogP contribution in [-0.2, 0) is 14.3 Å². The number of hydrogen-bond donors (Lipinski definition) is 0. The first kappa shape index (κ1) is 26.8. The maximum absolute atomic E-state index is 14.3. The SMILES string of the molecule is COC(=O)C1CCCN1C(=O)N1CC(c2ccc(C#N)cc2)C2(C1)C(=O)N(c1cc(Cl)cc(Cl)c1)C(=O)N2C. The maximum atomic E-state index is 14.3. The quantitative estimate of drug-likeness (QED) is 0.409. The first-order chi connectivity index (χ1) is 18.6. The summed E-state index contributed by atoms with van der Waals surface area (Å²) in [5.74, 6) is -1.63. The second-order valence-corrected chi connectivity index (χ2v) is 10.7. The van der Waals surface area contributed by atoms with E-state index in [0.717, 1.165) is 4.90 Å². The van der Waals surface area contributed by atoms with Gasteiger partial charge in [0.05, 0.1) is 31.0 Å². The molecule has 3 aliphatic rings. The van der Waals surface area contributed by atoms with Crippen LogP contribution in [0.4, 0.5) is 15.3 Å². The Morgan fingerprint density at radius 1 is 1.10 bits per heavy atom. The Hall–Kier alpha value is -3.81. The van der Waals surface area contributed by atoms with Gasteiger partial charge < -0.3 is 19.4 Å². The number of amides is 5. The maximum Gasteiger partial charge on any atom is 0.332 e. The zero-order chi connectivity index (χ0) is 28.1. The van der Waals surface area contributed by atoms with Gasteiger partial charge in [-0.2, -0.15) is 5.26 Å². The molecule has 3 unspecified atom stereocenters. The van der Waals surface area contributed by atoms with Crippen molar-refractivity contribution in [3.63, 3.8) is 0 Å². The van der Waals surface area contributed by atoms with Crippen molar-refractivity contribution >= 4 is 52.8 Å². The lowest BCUT2D eigenvalue weighted by atomic mass is 9.80. The zero-order valence-corrected chi connectivity index (χ0v) is 22.8. The number of anilines is 1. The van der Waals surface area contributed by atoms with Crippen molar-refractivity contribution in [2.24, 2.45) is 0 Å². The van der Waals surface area contributed by atoms with Crippen molar-refractivity contribution in [3.8, 4) is 6.07 Å². The molecule has 202 valence electrons. The zero-order valence-electron chi connectivity index (χ0n) is 21.3. The van der Waals surface area contributed by atoms with Crippen LogP contribution in [0.5, 0.6) is 0 Å². The number of likely N-dealkylation sites (N-methyl/N-ethyl adjacent to an activating group) is 1. The Balaban J connectivity index is 1.57. The molecule has 0 saturated carbocycles. The lowest BCUT2D eigenvalue weighted by Crippen LogP contribution is -2.55. The number of methoxy groups -OCH3 is 1. The molecule has 2 aromatic carbocycles. The van der Waals surface area contributed by atoms with Gasteiger partial charge in [0.15, 0.2) is 0 Å². The van der Waals surface area contributed by atoms with Crippen molar-refractivity contribution in [1.29, 1.82) is 5.26 Å². The van der Waals surface area contributed by atoms with E-state index in [1.807, 2.05) is 0 Å². The van der Waals surface area contributed by atoms with Gasteiger partial charge >= 0.3 is 18.0 Å². The van der Waals surface area contributed by atoms with Crippen LogP contribution in [0.15, 0.2) is 42.5 Å². The van der Waals surface area contributed by atoms with E-state index in [0.29, 0.717) is 30.5 Å². The lowest BCUT2D eigenvalue weighted by Gasteiger charge is -2.34. The van der Waals surface area contributed by atoms with Crippen LogP contribution in [0.3, 0.4) is 0 Å². The number of imide groups is 1. The molecule has 1 spiro atoms. The summed E-state index contributed by atoms with van der Waals surface area (Å²) in [6.45, 7) is 0.398. The minimum Gasteiger partial charge on any atom is -0.467 e. The van der Waals surface area contributed by atoms with Crippen LogP contribution in [0.2, 0.25) is 10.0 Å².